The van der Waals surface area contributed by atoms with E-state index in [0.717, 1.165) is 12.8 Å². The number of carbonyl (C=O) groups is 1. The van der Waals surface area contributed by atoms with E-state index < -0.39 is 0 Å². The van der Waals surface area contributed by atoms with Crippen LogP contribution >= 0.6 is 11.6 Å². The van der Waals surface area contributed by atoms with E-state index in [1.54, 1.807) is 24.3 Å². The largest absolute Gasteiger partial charge is 0.291 e. The van der Waals surface area contributed by atoms with Gasteiger partial charge in [-0.1, -0.05) is 23.7 Å². The minimum atomic E-state index is -0.188. The van der Waals surface area contributed by atoms with E-state index in [4.69, 9.17) is 16.9 Å². The van der Waals surface area contributed by atoms with Crippen molar-refractivity contribution in [2.75, 3.05) is 5.43 Å². The average Bonchev–Trinajstić information content (AvgIpc) is 3.15. The highest BCUT2D eigenvalue weighted by Gasteiger charge is 2.33. The summed E-state index contributed by atoms with van der Waals surface area (Å²) in [5, 5.41) is 13.1. The number of rotatable bonds is 4. The van der Waals surface area contributed by atoms with Crippen molar-refractivity contribution < 1.29 is 4.79 Å². The molecule has 0 amide bonds. The number of halogens is 1. The van der Waals surface area contributed by atoms with Crippen molar-refractivity contribution in [1.82, 2.24) is 0 Å². The summed E-state index contributed by atoms with van der Waals surface area (Å²) >= 11 is 5.91. The summed E-state index contributed by atoms with van der Waals surface area (Å²) in [5.74, 6) is -0.200. The number of para-hydroxylation sites is 1. The van der Waals surface area contributed by atoms with E-state index >= 15 is 0 Å². The molecule has 0 bridgehead atoms. The lowest BCUT2D eigenvalue weighted by molar-refractivity contribution is -0.113. The van der Waals surface area contributed by atoms with Gasteiger partial charge >= 0.3 is 0 Å². The summed E-state index contributed by atoms with van der Waals surface area (Å²) in [5.41, 5.74) is 3.12. The van der Waals surface area contributed by atoms with Crippen molar-refractivity contribution in [2.24, 2.45) is 11.0 Å². The molecule has 0 aliphatic heterocycles. The first-order valence-electron chi connectivity index (χ1n) is 5.25. The van der Waals surface area contributed by atoms with Gasteiger partial charge in [0.2, 0.25) is 5.71 Å². The van der Waals surface area contributed by atoms with Crippen LogP contribution < -0.4 is 5.43 Å². The monoisotopic (exact) mass is 247 g/mol. The zero-order chi connectivity index (χ0) is 12.3. The topological polar surface area (TPSA) is 65.2 Å². The van der Waals surface area contributed by atoms with E-state index in [9.17, 15) is 4.79 Å². The molecular weight excluding hydrogens is 238 g/mol. The van der Waals surface area contributed by atoms with Crippen LogP contribution in [0.2, 0.25) is 5.02 Å². The number of hydrazone groups is 1. The molecule has 2 rings (SSSR count). The average molecular weight is 248 g/mol. The second kappa shape index (κ2) is 4.98. The van der Waals surface area contributed by atoms with Crippen LogP contribution in [0, 0.1) is 17.2 Å². The third-order valence-corrected chi connectivity index (χ3v) is 2.78. The smallest absolute Gasteiger partial charge is 0.203 e. The van der Waals surface area contributed by atoms with Crippen LogP contribution in [-0.4, -0.2) is 11.5 Å². The van der Waals surface area contributed by atoms with Gasteiger partial charge in [0, 0.05) is 5.92 Å². The van der Waals surface area contributed by atoms with E-state index in [1.807, 2.05) is 6.07 Å². The van der Waals surface area contributed by atoms with Crippen LogP contribution in [0.3, 0.4) is 0 Å². The Morgan fingerprint density at radius 2 is 2.18 bits per heavy atom. The zero-order valence-electron chi connectivity index (χ0n) is 8.98. The molecule has 1 aromatic carbocycles. The number of nitrogens with one attached hydrogen (secondary N) is 1. The van der Waals surface area contributed by atoms with Gasteiger partial charge in [0.25, 0.3) is 0 Å². The van der Waals surface area contributed by atoms with Crippen LogP contribution in [0.5, 0.6) is 0 Å². The number of Topliss-reactive ketones (excluding diaryl/α,β-unsaturated/α-hetero) is 1. The van der Waals surface area contributed by atoms with Crippen LogP contribution in [0.4, 0.5) is 5.69 Å². The molecule has 0 heterocycles. The molecular formula is C12H10ClN3O. The molecule has 0 unspecified atom stereocenters. The normalized spacial score (nSPS) is 15.2. The molecule has 1 N–H and O–H groups in total. The van der Waals surface area contributed by atoms with E-state index in [2.05, 4.69) is 10.5 Å². The van der Waals surface area contributed by atoms with Crippen LogP contribution in [0.15, 0.2) is 29.4 Å². The number of hydrogen-bond donors (Lipinski definition) is 1. The lowest BCUT2D eigenvalue weighted by atomic mass is 10.2. The SMILES string of the molecule is N#C/C(=N/Nc1ccccc1Cl)C(=O)C1CC1. The molecule has 4 nitrogen and oxygen atoms in total. The Labute approximate surface area is 104 Å². The Bertz CT molecular complexity index is 515. The fourth-order valence-electron chi connectivity index (χ4n) is 1.34. The van der Waals surface area contributed by atoms with Gasteiger partial charge in [-0.05, 0) is 25.0 Å². The maximum atomic E-state index is 11.6. The van der Waals surface area contributed by atoms with Crippen LogP contribution in [0.1, 0.15) is 12.8 Å². The van der Waals surface area contributed by atoms with Crippen LogP contribution in [0.25, 0.3) is 0 Å². The van der Waals surface area contributed by atoms with Gasteiger partial charge in [-0.15, -0.1) is 0 Å². The summed E-state index contributed by atoms with van der Waals surface area (Å²) in [6.07, 6.45) is 1.71. The molecule has 0 saturated heterocycles. The Morgan fingerprint density at radius 1 is 1.47 bits per heavy atom. The molecule has 86 valence electrons. The minimum absolute atomic E-state index is 0.0126. The molecule has 1 aliphatic carbocycles. The third kappa shape index (κ3) is 2.83. The number of carbonyl (C=O) groups excluding carboxylic acids is 1. The van der Waals surface area contributed by atoms with E-state index in [0.29, 0.717) is 10.7 Å². The summed E-state index contributed by atoms with van der Waals surface area (Å²) in [4.78, 5) is 11.6. The fourth-order valence-corrected chi connectivity index (χ4v) is 1.52. The van der Waals surface area contributed by atoms with Gasteiger partial charge in [0.1, 0.15) is 6.07 Å². The Morgan fingerprint density at radius 3 is 2.76 bits per heavy atom. The maximum Gasteiger partial charge on any atom is 0.203 e. The van der Waals surface area contributed by atoms with Crippen molar-refractivity contribution in [1.29, 1.82) is 5.26 Å². The first kappa shape index (κ1) is 11.6. The molecule has 1 fully saturated rings. The highest BCUT2D eigenvalue weighted by atomic mass is 35.5. The van der Waals surface area contributed by atoms with Gasteiger partial charge < -0.3 is 0 Å². The number of ketones is 1. The summed E-state index contributed by atoms with van der Waals surface area (Å²) in [6.45, 7) is 0. The van der Waals surface area contributed by atoms with Crippen molar-refractivity contribution >= 4 is 28.8 Å². The first-order chi connectivity index (χ1) is 8.22. The molecule has 0 aromatic heterocycles. The first-order valence-corrected chi connectivity index (χ1v) is 5.62. The number of nitriles is 1. The molecule has 17 heavy (non-hydrogen) atoms. The molecule has 1 aliphatic rings. The molecule has 1 saturated carbocycles. The van der Waals surface area contributed by atoms with Gasteiger partial charge in [-0.3, -0.25) is 10.2 Å². The predicted molar refractivity (Wildman–Crippen MR) is 65.9 cm³/mol. The highest BCUT2D eigenvalue weighted by Crippen LogP contribution is 2.30. The summed E-state index contributed by atoms with van der Waals surface area (Å²) < 4.78 is 0. The van der Waals surface area contributed by atoms with Crippen molar-refractivity contribution in [3.63, 3.8) is 0 Å². The third-order valence-electron chi connectivity index (χ3n) is 2.45. The summed E-state index contributed by atoms with van der Waals surface area (Å²) in [6, 6.07) is 8.81. The lowest BCUT2D eigenvalue weighted by Gasteiger charge is -2.02. The molecule has 0 radical (unpaired) electrons. The minimum Gasteiger partial charge on any atom is -0.291 e. The number of anilines is 1. The predicted octanol–water partition coefficient (Wildman–Crippen LogP) is 2.61. The van der Waals surface area contributed by atoms with Crippen molar-refractivity contribution in [3.8, 4) is 6.07 Å². The second-order valence-corrected chi connectivity index (χ2v) is 4.21. The Hall–Kier alpha value is -1.86. The van der Waals surface area contributed by atoms with Crippen molar-refractivity contribution in [3.05, 3.63) is 29.3 Å². The quantitative estimate of drug-likeness (QED) is 0.657. The van der Waals surface area contributed by atoms with Gasteiger partial charge in [0.15, 0.2) is 5.78 Å². The Balaban J connectivity index is 2.11. The molecule has 0 spiro atoms. The standard InChI is InChI=1S/C12H10ClN3O/c13-9-3-1-2-4-10(9)15-16-11(7-14)12(17)8-5-6-8/h1-4,8,15H,5-6H2/b16-11-. The number of hydrogen-bond acceptors (Lipinski definition) is 4. The molecule has 1 aromatic rings. The van der Waals surface area contributed by atoms with Gasteiger partial charge in [-0.2, -0.15) is 10.4 Å². The lowest BCUT2D eigenvalue weighted by Crippen LogP contribution is -2.15. The van der Waals surface area contributed by atoms with Crippen molar-refractivity contribution in [2.45, 2.75) is 12.8 Å². The number of nitrogens with zero attached hydrogens (tertiary/aromatic N) is 2. The Kier molecular flexibility index (Phi) is 3.40. The maximum absolute atomic E-state index is 11.6. The molecule has 0 atom stereocenters. The van der Waals surface area contributed by atoms with Gasteiger partial charge in [-0.25, -0.2) is 0 Å². The fraction of sp³-hybridized carbons (Fsp3) is 0.250. The van der Waals surface area contributed by atoms with Gasteiger partial charge in [0.05, 0.1) is 10.7 Å². The number of benzene rings is 1. The van der Waals surface area contributed by atoms with E-state index in [-0.39, 0.29) is 17.4 Å². The second-order valence-electron chi connectivity index (χ2n) is 3.80. The van der Waals surface area contributed by atoms with E-state index in [1.165, 1.54) is 0 Å². The summed E-state index contributed by atoms with van der Waals surface area (Å²) in [7, 11) is 0. The highest BCUT2D eigenvalue weighted by molar-refractivity contribution is 6.47. The molecule has 5 heteroatoms. The van der Waals surface area contributed by atoms with Crippen LogP contribution in [-0.2, 0) is 4.79 Å². The zero-order valence-corrected chi connectivity index (χ0v) is 9.74.